The number of aliphatic imine (C=N–C) groups is 1. The number of carbonyl (C=O) groups excluding carboxylic acids is 1. The topological polar surface area (TPSA) is 74.8 Å². The summed E-state index contributed by atoms with van der Waals surface area (Å²) < 4.78 is 43.2. The van der Waals surface area contributed by atoms with E-state index < -0.39 is 11.7 Å². The number of benzene rings is 1. The molecular formula is C17H25F3N4O2. The molecule has 146 valence electrons. The van der Waals surface area contributed by atoms with E-state index >= 15 is 0 Å². The van der Waals surface area contributed by atoms with Gasteiger partial charge in [0, 0.05) is 12.6 Å². The highest BCUT2D eigenvalue weighted by Gasteiger charge is 2.30. The summed E-state index contributed by atoms with van der Waals surface area (Å²) in [5.74, 6) is 0.344. The maximum Gasteiger partial charge on any atom is 0.416 e. The molecule has 1 amide bonds. The molecule has 0 unspecified atom stereocenters. The van der Waals surface area contributed by atoms with Gasteiger partial charge in [0.1, 0.15) is 12.4 Å². The summed E-state index contributed by atoms with van der Waals surface area (Å²) in [7, 11) is 1.55. The maximum absolute atomic E-state index is 12.6. The number of hydrogen-bond donors (Lipinski definition) is 3. The van der Waals surface area contributed by atoms with Crippen LogP contribution < -0.4 is 20.7 Å². The monoisotopic (exact) mass is 374 g/mol. The number of nitrogens with zero attached hydrogens (tertiary/aromatic N) is 1. The third-order valence-electron chi connectivity index (χ3n) is 2.98. The largest absolute Gasteiger partial charge is 0.492 e. The first-order chi connectivity index (χ1) is 12.0. The summed E-state index contributed by atoms with van der Waals surface area (Å²) in [5.41, 5.74) is -1.08. The zero-order valence-electron chi connectivity index (χ0n) is 15.3. The molecule has 0 saturated heterocycles. The lowest BCUT2D eigenvalue weighted by molar-refractivity contribution is -0.137. The number of halogens is 3. The normalized spacial score (nSPS) is 12.5. The molecule has 0 aliphatic carbocycles. The summed E-state index contributed by atoms with van der Waals surface area (Å²) in [5, 5.41) is 8.56. The third kappa shape index (κ3) is 8.59. The number of ether oxygens (including phenoxy) is 1. The Hall–Kier alpha value is -2.45. The predicted octanol–water partition coefficient (Wildman–Crippen LogP) is 2.16. The molecule has 0 saturated carbocycles. The van der Waals surface area contributed by atoms with Crippen molar-refractivity contribution in [3.8, 4) is 5.75 Å². The van der Waals surface area contributed by atoms with E-state index in [0.29, 0.717) is 12.5 Å². The summed E-state index contributed by atoms with van der Waals surface area (Å²) in [6, 6.07) is 4.68. The molecule has 0 aromatic heterocycles. The second-order valence-electron chi connectivity index (χ2n) is 6.52. The molecular weight excluding hydrogens is 349 g/mol. The first kappa shape index (κ1) is 21.6. The Labute approximate surface area is 151 Å². The molecule has 9 heteroatoms. The van der Waals surface area contributed by atoms with Crippen LogP contribution >= 0.6 is 0 Å². The zero-order chi connectivity index (χ0) is 19.8. The fourth-order valence-electron chi connectivity index (χ4n) is 1.95. The van der Waals surface area contributed by atoms with E-state index in [1.807, 2.05) is 20.8 Å². The van der Waals surface area contributed by atoms with Crippen molar-refractivity contribution in [2.75, 3.05) is 26.7 Å². The van der Waals surface area contributed by atoms with Crippen molar-refractivity contribution in [1.82, 2.24) is 16.0 Å². The van der Waals surface area contributed by atoms with Crippen LogP contribution in [-0.2, 0) is 11.0 Å². The minimum Gasteiger partial charge on any atom is -0.492 e. The number of guanidine groups is 1. The number of nitrogens with one attached hydrogen (secondary N) is 3. The Morgan fingerprint density at radius 3 is 2.46 bits per heavy atom. The number of amides is 1. The van der Waals surface area contributed by atoms with E-state index in [2.05, 4.69) is 20.9 Å². The van der Waals surface area contributed by atoms with Crippen LogP contribution in [0, 0.1) is 0 Å². The van der Waals surface area contributed by atoms with Gasteiger partial charge in [-0.1, -0.05) is 6.07 Å². The number of alkyl halides is 3. The first-order valence-corrected chi connectivity index (χ1v) is 8.07. The first-order valence-electron chi connectivity index (χ1n) is 8.07. The van der Waals surface area contributed by atoms with Crippen molar-refractivity contribution in [3.05, 3.63) is 29.8 Å². The molecule has 0 radical (unpaired) electrons. The molecule has 1 aromatic rings. The molecule has 0 aliphatic rings. The van der Waals surface area contributed by atoms with Crippen molar-refractivity contribution < 1.29 is 22.7 Å². The lowest BCUT2D eigenvalue weighted by atomic mass is 10.1. The van der Waals surface area contributed by atoms with Gasteiger partial charge in [-0.3, -0.25) is 9.79 Å². The Bertz CT molecular complexity index is 625. The molecule has 6 nitrogen and oxygen atoms in total. The van der Waals surface area contributed by atoms with Crippen molar-refractivity contribution in [1.29, 1.82) is 0 Å². The van der Waals surface area contributed by atoms with E-state index in [9.17, 15) is 18.0 Å². The van der Waals surface area contributed by atoms with Crippen LogP contribution in [0.2, 0.25) is 0 Å². The Morgan fingerprint density at radius 1 is 1.19 bits per heavy atom. The predicted molar refractivity (Wildman–Crippen MR) is 94.2 cm³/mol. The third-order valence-corrected chi connectivity index (χ3v) is 2.98. The Morgan fingerprint density at radius 2 is 1.88 bits per heavy atom. The summed E-state index contributed by atoms with van der Waals surface area (Å²) >= 11 is 0. The fraction of sp³-hybridized carbons (Fsp3) is 0.529. The van der Waals surface area contributed by atoms with Crippen molar-refractivity contribution >= 4 is 11.9 Å². The van der Waals surface area contributed by atoms with Crippen molar-refractivity contribution in [3.63, 3.8) is 0 Å². The van der Waals surface area contributed by atoms with Gasteiger partial charge in [-0.15, -0.1) is 0 Å². The van der Waals surface area contributed by atoms with Crippen molar-refractivity contribution in [2.24, 2.45) is 4.99 Å². The van der Waals surface area contributed by atoms with E-state index in [4.69, 9.17) is 4.74 Å². The van der Waals surface area contributed by atoms with Gasteiger partial charge in [0.2, 0.25) is 5.91 Å². The van der Waals surface area contributed by atoms with Gasteiger partial charge in [0.25, 0.3) is 0 Å². The van der Waals surface area contributed by atoms with E-state index in [1.54, 1.807) is 7.05 Å². The Kier molecular flexibility index (Phi) is 7.73. The number of carbonyl (C=O) groups is 1. The van der Waals surface area contributed by atoms with Crippen LogP contribution in [0.3, 0.4) is 0 Å². The van der Waals surface area contributed by atoms with Gasteiger partial charge >= 0.3 is 6.18 Å². The van der Waals surface area contributed by atoms with Gasteiger partial charge < -0.3 is 20.7 Å². The van der Waals surface area contributed by atoms with E-state index in [-0.39, 0.29) is 30.3 Å². The summed E-state index contributed by atoms with van der Waals surface area (Å²) in [6.45, 7) is 6.12. The molecule has 0 atom stereocenters. The minimum absolute atomic E-state index is 0.0471. The van der Waals surface area contributed by atoms with Gasteiger partial charge in [0.05, 0.1) is 18.7 Å². The van der Waals surface area contributed by atoms with E-state index in [0.717, 1.165) is 12.1 Å². The molecule has 1 rings (SSSR count). The van der Waals surface area contributed by atoms with Crippen LogP contribution in [-0.4, -0.2) is 44.1 Å². The van der Waals surface area contributed by atoms with E-state index in [1.165, 1.54) is 12.1 Å². The zero-order valence-corrected chi connectivity index (χ0v) is 15.3. The smallest absolute Gasteiger partial charge is 0.416 e. The van der Waals surface area contributed by atoms with Crippen LogP contribution in [0.15, 0.2) is 29.3 Å². The summed E-state index contributed by atoms with van der Waals surface area (Å²) in [4.78, 5) is 15.7. The lowest BCUT2D eigenvalue weighted by Crippen LogP contribution is -2.48. The van der Waals surface area contributed by atoms with Crippen LogP contribution in [0.25, 0.3) is 0 Å². The quantitative estimate of drug-likeness (QED) is 0.405. The minimum atomic E-state index is -4.41. The van der Waals surface area contributed by atoms with Crippen LogP contribution in [0.5, 0.6) is 5.75 Å². The molecule has 0 fully saturated rings. The molecule has 3 N–H and O–H groups in total. The maximum atomic E-state index is 12.6. The highest BCUT2D eigenvalue weighted by molar-refractivity contribution is 5.86. The number of rotatable bonds is 6. The van der Waals surface area contributed by atoms with Crippen LogP contribution in [0.1, 0.15) is 26.3 Å². The van der Waals surface area contributed by atoms with Crippen molar-refractivity contribution in [2.45, 2.75) is 32.5 Å². The number of hydrogen-bond acceptors (Lipinski definition) is 3. The second kappa shape index (κ2) is 9.30. The van der Waals surface area contributed by atoms with Gasteiger partial charge in [0.15, 0.2) is 5.96 Å². The average molecular weight is 374 g/mol. The standard InChI is InChI=1S/C17H25F3N4O2/c1-16(2,3)24-14(25)11-23-15(21-4)22-8-9-26-13-7-5-6-12(10-13)17(18,19)20/h5-7,10H,8-9,11H2,1-4H3,(H,24,25)(H2,21,22,23). The second-order valence-corrected chi connectivity index (χ2v) is 6.52. The van der Waals surface area contributed by atoms with Crippen LogP contribution in [0.4, 0.5) is 13.2 Å². The van der Waals surface area contributed by atoms with Gasteiger partial charge in [-0.2, -0.15) is 13.2 Å². The molecule has 26 heavy (non-hydrogen) atoms. The average Bonchev–Trinajstić information content (AvgIpc) is 2.52. The highest BCUT2D eigenvalue weighted by atomic mass is 19.4. The fourth-order valence-corrected chi connectivity index (χ4v) is 1.95. The van der Waals surface area contributed by atoms with Gasteiger partial charge in [-0.25, -0.2) is 0 Å². The molecule has 0 spiro atoms. The molecule has 0 bridgehead atoms. The van der Waals surface area contributed by atoms with Gasteiger partial charge in [-0.05, 0) is 39.0 Å². The summed E-state index contributed by atoms with van der Waals surface area (Å²) in [6.07, 6.45) is -4.41. The molecule has 1 aromatic carbocycles. The SMILES string of the molecule is CN=C(NCCOc1cccc(C(F)(F)F)c1)NCC(=O)NC(C)(C)C. The lowest BCUT2D eigenvalue weighted by Gasteiger charge is -2.21. The molecule has 0 heterocycles. The Balaban J connectivity index is 2.36. The highest BCUT2D eigenvalue weighted by Crippen LogP contribution is 2.31. The molecule has 0 aliphatic heterocycles.